The molecule has 0 bridgehead atoms. The summed E-state index contributed by atoms with van der Waals surface area (Å²) >= 11 is 0. The van der Waals surface area contributed by atoms with E-state index in [0.29, 0.717) is 6.42 Å². The van der Waals surface area contributed by atoms with Crippen molar-refractivity contribution in [2.75, 3.05) is 7.11 Å². The van der Waals surface area contributed by atoms with Crippen LogP contribution < -0.4 is 0 Å². The van der Waals surface area contributed by atoms with Gasteiger partial charge in [-0.05, 0) is 26.2 Å². The van der Waals surface area contributed by atoms with Gasteiger partial charge in [0.15, 0.2) is 5.78 Å². The van der Waals surface area contributed by atoms with E-state index in [0.717, 1.165) is 31.3 Å². The Kier molecular flexibility index (Phi) is 3.66. The number of carbonyl (C=O) groups excluding carboxylic acids is 2. The van der Waals surface area contributed by atoms with Crippen LogP contribution in [0.4, 0.5) is 0 Å². The van der Waals surface area contributed by atoms with E-state index in [4.69, 9.17) is 4.74 Å². The number of hydrogen-bond donors (Lipinski definition) is 0. The molecule has 84 valence electrons. The summed E-state index contributed by atoms with van der Waals surface area (Å²) in [6, 6.07) is 0. The maximum absolute atomic E-state index is 11.8. The predicted molar refractivity (Wildman–Crippen MR) is 57.4 cm³/mol. The summed E-state index contributed by atoms with van der Waals surface area (Å²) in [5.41, 5.74) is -0.343. The van der Waals surface area contributed by atoms with Crippen LogP contribution in [0.5, 0.6) is 0 Å². The predicted octanol–water partition coefficient (Wildman–Crippen LogP) is 2.26. The van der Waals surface area contributed by atoms with Gasteiger partial charge in [0, 0.05) is 0 Å². The van der Waals surface area contributed by atoms with Gasteiger partial charge < -0.3 is 4.74 Å². The third-order valence-electron chi connectivity index (χ3n) is 3.27. The Bertz CT molecular complexity index is 293. The van der Waals surface area contributed by atoms with Crippen molar-refractivity contribution in [2.24, 2.45) is 5.41 Å². The van der Waals surface area contributed by atoms with Crippen LogP contribution in [0.25, 0.3) is 0 Å². The normalized spacial score (nSPS) is 26.9. The van der Waals surface area contributed by atoms with Gasteiger partial charge in [-0.1, -0.05) is 25.0 Å². The molecule has 0 aromatic rings. The maximum Gasteiger partial charge on any atom is 0.323 e. The van der Waals surface area contributed by atoms with Crippen molar-refractivity contribution in [1.29, 1.82) is 0 Å². The molecular formula is C12H18O3. The van der Waals surface area contributed by atoms with Crippen LogP contribution in [0.15, 0.2) is 12.2 Å². The third kappa shape index (κ3) is 1.96. The topological polar surface area (TPSA) is 43.4 Å². The molecule has 1 rings (SSSR count). The molecule has 0 N–H and O–H groups in total. The molecule has 0 aromatic carbocycles. The third-order valence-corrected chi connectivity index (χ3v) is 3.27. The molecule has 15 heavy (non-hydrogen) atoms. The van der Waals surface area contributed by atoms with E-state index in [1.807, 2.05) is 0 Å². The van der Waals surface area contributed by atoms with Crippen molar-refractivity contribution in [3.05, 3.63) is 12.2 Å². The maximum atomic E-state index is 11.8. The molecule has 3 nitrogen and oxygen atoms in total. The van der Waals surface area contributed by atoms with Gasteiger partial charge in [0.1, 0.15) is 5.41 Å². The number of carbonyl (C=O) groups is 2. The number of hydrogen-bond acceptors (Lipinski definition) is 3. The van der Waals surface area contributed by atoms with Gasteiger partial charge in [-0.3, -0.25) is 9.59 Å². The summed E-state index contributed by atoms with van der Waals surface area (Å²) in [6.45, 7) is 5.35. The van der Waals surface area contributed by atoms with Crippen molar-refractivity contribution in [1.82, 2.24) is 0 Å². The Morgan fingerprint density at radius 3 is 2.53 bits per heavy atom. The van der Waals surface area contributed by atoms with Gasteiger partial charge in [0.05, 0.1) is 7.11 Å². The van der Waals surface area contributed by atoms with Gasteiger partial charge in [-0.2, -0.15) is 0 Å². The first-order valence-corrected chi connectivity index (χ1v) is 5.33. The largest absolute Gasteiger partial charge is 0.468 e. The smallest absolute Gasteiger partial charge is 0.323 e. The molecule has 0 amide bonds. The summed E-state index contributed by atoms with van der Waals surface area (Å²) in [5, 5.41) is 0. The fourth-order valence-corrected chi connectivity index (χ4v) is 2.28. The van der Waals surface area contributed by atoms with Crippen LogP contribution in [0, 0.1) is 5.41 Å². The molecule has 1 unspecified atom stereocenters. The molecule has 0 aromatic heterocycles. The fraction of sp³-hybridized carbons (Fsp3) is 0.667. The van der Waals surface area contributed by atoms with Gasteiger partial charge >= 0.3 is 5.97 Å². The van der Waals surface area contributed by atoms with E-state index in [-0.39, 0.29) is 5.78 Å². The van der Waals surface area contributed by atoms with E-state index < -0.39 is 11.4 Å². The zero-order valence-electron chi connectivity index (χ0n) is 9.47. The van der Waals surface area contributed by atoms with Crippen LogP contribution >= 0.6 is 0 Å². The van der Waals surface area contributed by atoms with E-state index >= 15 is 0 Å². The van der Waals surface area contributed by atoms with Crippen LogP contribution in [-0.2, 0) is 14.3 Å². The molecule has 0 radical (unpaired) electrons. The highest BCUT2D eigenvalue weighted by molar-refractivity contribution is 6.05. The zero-order valence-corrected chi connectivity index (χ0v) is 9.47. The summed E-state index contributed by atoms with van der Waals surface area (Å²) in [6.07, 6.45) is 4.23. The minimum absolute atomic E-state index is 0.138. The molecular weight excluding hydrogens is 192 g/mol. The lowest BCUT2D eigenvalue weighted by atomic mass is 9.74. The molecule has 3 heteroatoms. The highest BCUT2D eigenvalue weighted by atomic mass is 16.5. The van der Waals surface area contributed by atoms with E-state index in [9.17, 15) is 9.59 Å². The highest BCUT2D eigenvalue weighted by Gasteiger charge is 2.46. The summed E-state index contributed by atoms with van der Waals surface area (Å²) < 4.78 is 4.76. The summed E-state index contributed by atoms with van der Waals surface area (Å²) in [4.78, 5) is 23.5. The number of Topliss-reactive ketones (excluding diaryl/α,β-unsaturated/α-hetero) is 1. The number of rotatable bonds is 2. The Morgan fingerprint density at radius 2 is 2.00 bits per heavy atom. The Morgan fingerprint density at radius 1 is 1.33 bits per heavy atom. The average molecular weight is 210 g/mol. The van der Waals surface area contributed by atoms with Crippen LogP contribution in [-0.4, -0.2) is 18.9 Å². The molecule has 1 atom stereocenters. The minimum atomic E-state index is -1.06. The lowest BCUT2D eigenvalue weighted by Gasteiger charge is -2.28. The molecule has 1 aliphatic carbocycles. The summed E-state index contributed by atoms with van der Waals surface area (Å²) in [7, 11) is 1.32. The zero-order chi connectivity index (χ0) is 11.5. The quantitative estimate of drug-likeness (QED) is 0.304. The molecule has 1 saturated carbocycles. The number of methoxy groups -OCH3 is 1. The van der Waals surface area contributed by atoms with Gasteiger partial charge in [0.2, 0.25) is 0 Å². The molecule has 0 saturated heterocycles. The second-order valence-corrected chi connectivity index (χ2v) is 4.12. The molecule has 0 aliphatic heterocycles. The molecule has 1 fully saturated rings. The van der Waals surface area contributed by atoms with Crippen molar-refractivity contribution in [3.8, 4) is 0 Å². The molecule has 0 heterocycles. The average Bonchev–Trinajstić information content (AvgIpc) is 2.39. The highest BCUT2D eigenvalue weighted by Crippen LogP contribution is 2.40. The first-order chi connectivity index (χ1) is 7.05. The van der Waals surface area contributed by atoms with Gasteiger partial charge in [-0.15, -0.1) is 0 Å². The van der Waals surface area contributed by atoms with Crippen molar-refractivity contribution < 1.29 is 14.3 Å². The molecule has 0 spiro atoms. The Balaban J connectivity index is 3.11. The number of esters is 1. The SMILES string of the molecule is C=C1CCCCCC1(C(C)=O)C(=O)OC. The van der Waals surface area contributed by atoms with Crippen molar-refractivity contribution >= 4 is 11.8 Å². The second-order valence-electron chi connectivity index (χ2n) is 4.12. The monoisotopic (exact) mass is 210 g/mol. The molecule has 1 aliphatic rings. The lowest BCUT2D eigenvalue weighted by Crippen LogP contribution is -2.40. The van der Waals surface area contributed by atoms with E-state index in [1.165, 1.54) is 14.0 Å². The lowest BCUT2D eigenvalue weighted by molar-refractivity contribution is -0.155. The van der Waals surface area contributed by atoms with Crippen molar-refractivity contribution in [3.63, 3.8) is 0 Å². The van der Waals surface area contributed by atoms with Crippen LogP contribution in [0.1, 0.15) is 39.0 Å². The summed E-state index contributed by atoms with van der Waals surface area (Å²) in [5.74, 6) is -0.580. The standard InChI is InChI=1S/C12H18O3/c1-9-7-5-4-6-8-12(9,10(2)13)11(14)15-3/h1,4-8H2,2-3H3. The Labute approximate surface area is 90.5 Å². The van der Waals surface area contributed by atoms with Crippen molar-refractivity contribution in [2.45, 2.75) is 39.0 Å². The van der Waals surface area contributed by atoms with E-state index in [2.05, 4.69) is 6.58 Å². The first kappa shape index (κ1) is 12.0. The van der Waals surface area contributed by atoms with Gasteiger partial charge in [0.25, 0.3) is 0 Å². The van der Waals surface area contributed by atoms with Crippen LogP contribution in [0.3, 0.4) is 0 Å². The number of ketones is 1. The van der Waals surface area contributed by atoms with E-state index in [1.54, 1.807) is 0 Å². The van der Waals surface area contributed by atoms with Crippen LogP contribution in [0.2, 0.25) is 0 Å². The number of ether oxygens (including phenoxy) is 1. The fourth-order valence-electron chi connectivity index (χ4n) is 2.28. The Hall–Kier alpha value is -1.12. The van der Waals surface area contributed by atoms with Gasteiger partial charge in [-0.25, -0.2) is 0 Å². The minimum Gasteiger partial charge on any atom is -0.468 e. The second kappa shape index (κ2) is 4.60. The first-order valence-electron chi connectivity index (χ1n) is 5.33.